The van der Waals surface area contributed by atoms with Crippen molar-refractivity contribution in [2.45, 2.75) is 36.0 Å². The molecule has 0 unspecified atom stereocenters. The monoisotopic (exact) mass is 421 g/mol. The van der Waals surface area contributed by atoms with Gasteiger partial charge in [-0.25, -0.2) is 8.42 Å². The van der Waals surface area contributed by atoms with Crippen molar-refractivity contribution in [3.63, 3.8) is 0 Å². The van der Waals surface area contributed by atoms with Gasteiger partial charge in [-0.15, -0.1) is 0 Å². The molecular weight excluding hydrogens is 402 g/mol. The lowest BCUT2D eigenvalue weighted by molar-refractivity contribution is -0.146. The third-order valence-corrected chi connectivity index (χ3v) is 7.66. The van der Waals surface area contributed by atoms with E-state index in [0.29, 0.717) is 13.0 Å². The van der Waals surface area contributed by atoms with Gasteiger partial charge in [0.15, 0.2) is 0 Å². The summed E-state index contributed by atoms with van der Waals surface area (Å²) in [5.74, 6) is 0.275. The second-order valence-corrected chi connectivity index (χ2v) is 10.4. The highest BCUT2D eigenvalue weighted by Crippen LogP contribution is 2.37. The molecule has 2 rings (SSSR count). The third kappa shape index (κ3) is 3.92. The second kappa shape index (κ2) is 7.13. The lowest BCUT2D eigenvalue weighted by Gasteiger charge is -2.36. The zero-order chi connectivity index (χ0) is 17.3. The summed E-state index contributed by atoms with van der Waals surface area (Å²) in [5, 5.41) is 0. The summed E-state index contributed by atoms with van der Waals surface area (Å²) in [5.41, 5.74) is 0. The van der Waals surface area contributed by atoms with Crippen molar-refractivity contribution in [3.05, 3.63) is 28.7 Å². The first-order valence-corrected chi connectivity index (χ1v) is 10.4. The van der Waals surface area contributed by atoms with Crippen molar-refractivity contribution in [2.75, 3.05) is 19.4 Å². The smallest absolute Gasteiger partial charge is 0.325 e. The largest absolute Gasteiger partial charge is 0.468 e. The van der Waals surface area contributed by atoms with Crippen LogP contribution < -0.4 is 0 Å². The van der Waals surface area contributed by atoms with E-state index in [1.807, 2.05) is 13.8 Å². The highest BCUT2D eigenvalue weighted by molar-refractivity contribution is 9.10. The summed E-state index contributed by atoms with van der Waals surface area (Å²) in [6.45, 7) is 4.07. The molecule has 8 heteroatoms. The maximum atomic E-state index is 13.1. The first-order valence-electron chi connectivity index (χ1n) is 7.19. The predicted molar refractivity (Wildman–Crippen MR) is 95.0 cm³/mol. The van der Waals surface area contributed by atoms with E-state index in [2.05, 4.69) is 15.9 Å². The number of benzene rings is 1. The maximum Gasteiger partial charge on any atom is 0.325 e. The molecule has 0 saturated carbocycles. The lowest BCUT2D eigenvalue weighted by atomic mass is 10.0. The van der Waals surface area contributed by atoms with Gasteiger partial charge in [-0.05, 0) is 50.3 Å². The third-order valence-electron chi connectivity index (χ3n) is 3.79. The van der Waals surface area contributed by atoms with Gasteiger partial charge in [0.25, 0.3) is 0 Å². The summed E-state index contributed by atoms with van der Waals surface area (Å²) in [6.07, 6.45) is 0.692. The zero-order valence-electron chi connectivity index (χ0n) is 13.3. The summed E-state index contributed by atoms with van der Waals surface area (Å²) in [4.78, 5) is 12.5. The van der Waals surface area contributed by atoms with E-state index in [1.54, 1.807) is 36.0 Å². The van der Waals surface area contributed by atoms with Gasteiger partial charge in [-0.2, -0.15) is 16.1 Å². The molecule has 1 atom stereocenters. The number of ether oxygens (including phenoxy) is 1. The molecule has 0 aromatic heterocycles. The Balaban J connectivity index is 2.51. The highest BCUT2D eigenvalue weighted by atomic mass is 79.9. The number of thioether (sulfide) groups is 1. The van der Waals surface area contributed by atoms with Crippen LogP contribution in [0.4, 0.5) is 0 Å². The molecule has 1 fully saturated rings. The van der Waals surface area contributed by atoms with Crippen LogP contribution in [0.1, 0.15) is 20.3 Å². The lowest BCUT2D eigenvalue weighted by Crippen LogP contribution is -2.54. The minimum absolute atomic E-state index is 0.178. The van der Waals surface area contributed by atoms with Crippen LogP contribution in [-0.2, 0) is 19.6 Å². The SMILES string of the molecule is COC(=O)[C@@H]1N(S(=O)(=O)c2ccc(Br)cc2)CCCSC1(C)C. The van der Waals surface area contributed by atoms with E-state index >= 15 is 0 Å². The van der Waals surface area contributed by atoms with E-state index in [0.717, 1.165) is 10.2 Å². The fraction of sp³-hybridized carbons (Fsp3) is 0.533. The molecule has 23 heavy (non-hydrogen) atoms. The number of carbonyl (C=O) groups is 1. The Labute approximate surface area is 149 Å². The van der Waals surface area contributed by atoms with Gasteiger partial charge in [-0.3, -0.25) is 4.79 Å². The van der Waals surface area contributed by atoms with Crippen LogP contribution in [-0.4, -0.2) is 48.9 Å². The quantitative estimate of drug-likeness (QED) is 0.701. The molecule has 0 radical (unpaired) electrons. The van der Waals surface area contributed by atoms with Crippen molar-refractivity contribution < 1.29 is 17.9 Å². The van der Waals surface area contributed by atoms with Crippen molar-refractivity contribution in [1.82, 2.24) is 4.31 Å². The Morgan fingerprint density at radius 1 is 1.35 bits per heavy atom. The Morgan fingerprint density at radius 3 is 2.52 bits per heavy atom. The number of methoxy groups -OCH3 is 1. The van der Waals surface area contributed by atoms with E-state index in [9.17, 15) is 13.2 Å². The first kappa shape index (κ1) is 18.8. The van der Waals surface area contributed by atoms with Gasteiger partial charge in [0.1, 0.15) is 6.04 Å². The van der Waals surface area contributed by atoms with Gasteiger partial charge in [-0.1, -0.05) is 15.9 Å². The summed E-state index contributed by atoms with van der Waals surface area (Å²) in [7, 11) is -2.49. The van der Waals surface area contributed by atoms with Crippen LogP contribution in [0, 0.1) is 0 Å². The highest BCUT2D eigenvalue weighted by Gasteiger charge is 2.47. The maximum absolute atomic E-state index is 13.1. The van der Waals surface area contributed by atoms with Gasteiger partial charge >= 0.3 is 5.97 Å². The first-order chi connectivity index (χ1) is 10.7. The Hall–Kier alpha value is -0.570. The normalized spacial score (nSPS) is 22.3. The molecule has 1 aromatic carbocycles. The molecule has 1 aliphatic heterocycles. The molecule has 0 amide bonds. The van der Waals surface area contributed by atoms with Gasteiger partial charge in [0.2, 0.25) is 10.0 Å². The molecule has 0 spiro atoms. The van der Waals surface area contributed by atoms with E-state index in [4.69, 9.17) is 4.74 Å². The van der Waals surface area contributed by atoms with Crippen LogP contribution in [0.25, 0.3) is 0 Å². The number of nitrogens with zero attached hydrogens (tertiary/aromatic N) is 1. The molecule has 128 valence electrons. The number of rotatable bonds is 3. The topological polar surface area (TPSA) is 63.7 Å². The molecule has 1 aromatic rings. The minimum Gasteiger partial charge on any atom is -0.468 e. The van der Waals surface area contributed by atoms with Crippen LogP contribution >= 0.6 is 27.7 Å². The number of carbonyl (C=O) groups excluding carboxylic acids is 1. The van der Waals surface area contributed by atoms with Crippen molar-refractivity contribution >= 4 is 43.7 Å². The van der Waals surface area contributed by atoms with Crippen LogP contribution in [0.2, 0.25) is 0 Å². The molecule has 0 N–H and O–H groups in total. The van der Waals surface area contributed by atoms with Crippen molar-refractivity contribution in [1.29, 1.82) is 0 Å². The number of hydrogen-bond donors (Lipinski definition) is 0. The van der Waals surface area contributed by atoms with Crippen LogP contribution in [0.5, 0.6) is 0 Å². The van der Waals surface area contributed by atoms with E-state index in [1.165, 1.54) is 11.4 Å². The molecule has 1 aliphatic rings. The average molecular weight is 422 g/mol. The van der Waals surface area contributed by atoms with Crippen LogP contribution in [0.15, 0.2) is 33.6 Å². The molecular formula is C15H20BrNO4S2. The molecule has 0 bridgehead atoms. The summed E-state index contributed by atoms with van der Waals surface area (Å²) >= 11 is 4.90. The zero-order valence-corrected chi connectivity index (χ0v) is 16.5. The number of halogens is 1. The van der Waals surface area contributed by atoms with Gasteiger partial charge in [0, 0.05) is 15.8 Å². The minimum atomic E-state index is -3.78. The molecule has 0 aliphatic carbocycles. The summed E-state index contributed by atoms with van der Waals surface area (Å²) < 4.78 is 32.6. The standard InChI is InChI=1S/C15H20BrNO4S2/c1-15(2)13(14(18)21-3)17(9-4-10-22-15)23(19,20)12-7-5-11(16)6-8-12/h5-8,13H,4,9-10H2,1-3H3/t13-/m0/s1. The van der Waals surface area contributed by atoms with E-state index in [-0.39, 0.29) is 4.90 Å². The summed E-state index contributed by atoms with van der Waals surface area (Å²) in [6, 6.07) is 5.58. The van der Waals surface area contributed by atoms with Gasteiger partial charge in [0.05, 0.1) is 12.0 Å². The van der Waals surface area contributed by atoms with E-state index < -0.39 is 26.8 Å². The average Bonchev–Trinajstić information content (AvgIpc) is 2.65. The van der Waals surface area contributed by atoms with Crippen molar-refractivity contribution in [3.8, 4) is 0 Å². The number of esters is 1. The Bertz CT molecular complexity index is 673. The Kier molecular flexibility index (Phi) is 5.81. The molecule has 5 nitrogen and oxygen atoms in total. The number of hydrogen-bond acceptors (Lipinski definition) is 5. The number of sulfonamides is 1. The second-order valence-electron chi connectivity index (χ2n) is 5.80. The van der Waals surface area contributed by atoms with Gasteiger partial charge < -0.3 is 4.74 Å². The predicted octanol–water partition coefficient (Wildman–Crippen LogP) is 2.90. The Morgan fingerprint density at radius 2 is 1.96 bits per heavy atom. The van der Waals surface area contributed by atoms with Crippen molar-refractivity contribution in [2.24, 2.45) is 0 Å². The fourth-order valence-corrected chi connectivity index (χ4v) is 5.88. The van der Waals surface area contributed by atoms with Crippen LogP contribution in [0.3, 0.4) is 0 Å². The molecule has 1 heterocycles. The fourth-order valence-electron chi connectivity index (χ4n) is 2.62. The molecule has 1 saturated heterocycles.